The Morgan fingerprint density at radius 2 is 2.39 bits per heavy atom. The fourth-order valence-corrected chi connectivity index (χ4v) is 2.15. The summed E-state index contributed by atoms with van der Waals surface area (Å²) >= 11 is 1.25. The maximum Gasteiger partial charge on any atom is 0.350 e. The first-order chi connectivity index (χ1) is 8.79. The molecule has 3 heterocycles. The van der Waals surface area contributed by atoms with E-state index < -0.39 is 0 Å². The highest BCUT2D eigenvalue weighted by molar-refractivity contribution is 7.10. The van der Waals surface area contributed by atoms with Gasteiger partial charge in [0.25, 0.3) is 0 Å². The first-order valence-electron chi connectivity index (χ1n) is 5.18. The molecular weight excluding hydrogens is 254 g/mol. The van der Waals surface area contributed by atoms with E-state index in [1.807, 2.05) is 0 Å². The van der Waals surface area contributed by atoms with Gasteiger partial charge in [-0.05, 0) is 0 Å². The van der Waals surface area contributed by atoms with Gasteiger partial charge in [0, 0.05) is 31.0 Å². The van der Waals surface area contributed by atoms with Gasteiger partial charge in [-0.15, -0.1) is 10.2 Å². The van der Waals surface area contributed by atoms with Crippen LogP contribution < -0.4 is 11.0 Å². The molecule has 9 heteroatoms. The molecule has 1 N–H and O–H groups in total. The maximum absolute atomic E-state index is 12.0. The van der Waals surface area contributed by atoms with Crippen molar-refractivity contribution < 1.29 is 0 Å². The van der Waals surface area contributed by atoms with Crippen LogP contribution in [0.5, 0.6) is 0 Å². The van der Waals surface area contributed by atoms with Crippen molar-refractivity contribution in [2.75, 3.05) is 12.4 Å². The lowest BCUT2D eigenvalue weighted by Crippen LogP contribution is -2.22. The molecule has 0 radical (unpaired) electrons. The van der Waals surface area contributed by atoms with E-state index in [-0.39, 0.29) is 12.2 Å². The minimum absolute atomic E-state index is 0.220. The summed E-state index contributed by atoms with van der Waals surface area (Å²) in [5.41, 5.74) is 0.986. The van der Waals surface area contributed by atoms with Crippen LogP contribution in [-0.2, 0) is 6.54 Å². The summed E-state index contributed by atoms with van der Waals surface area (Å²) < 4.78 is 6.62. The lowest BCUT2D eigenvalue weighted by atomic mass is 10.4. The van der Waals surface area contributed by atoms with Gasteiger partial charge in [-0.3, -0.25) is 4.98 Å². The maximum atomic E-state index is 12.0. The van der Waals surface area contributed by atoms with E-state index in [2.05, 4.69) is 25.0 Å². The summed E-state index contributed by atoms with van der Waals surface area (Å²) in [5, 5.41) is 12.0. The molecule has 3 aromatic heterocycles. The van der Waals surface area contributed by atoms with Crippen molar-refractivity contribution in [1.82, 2.24) is 28.8 Å². The normalized spacial score (nSPS) is 10.9. The summed E-state index contributed by atoms with van der Waals surface area (Å²) in [7, 11) is 1.79. The number of fused-ring (bicyclic) bond motifs is 1. The predicted octanol–water partition coefficient (Wildman–Crippen LogP) is -0.168. The fourth-order valence-electron chi connectivity index (χ4n) is 1.63. The van der Waals surface area contributed by atoms with Crippen molar-refractivity contribution in [3.05, 3.63) is 34.8 Å². The lowest BCUT2D eigenvalue weighted by molar-refractivity contribution is 0.645. The van der Waals surface area contributed by atoms with Crippen LogP contribution in [0.25, 0.3) is 5.65 Å². The molecule has 0 saturated heterocycles. The molecule has 0 aliphatic carbocycles. The second-order valence-corrected chi connectivity index (χ2v) is 4.30. The van der Waals surface area contributed by atoms with Gasteiger partial charge in [0.15, 0.2) is 5.65 Å². The van der Waals surface area contributed by atoms with Crippen molar-refractivity contribution in [2.45, 2.75) is 6.54 Å². The predicted molar refractivity (Wildman–Crippen MR) is 65.8 cm³/mol. The lowest BCUT2D eigenvalue weighted by Gasteiger charge is -1.98. The highest BCUT2D eigenvalue weighted by atomic mass is 32.1. The number of hydrogen-bond acceptors (Lipinski definition) is 7. The third-order valence-corrected chi connectivity index (χ3v) is 3.26. The Hall–Kier alpha value is -2.29. The summed E-state index contributed by atoms with van der Waals surface area (Å²) in [6.45, 7) is 0.285. The Kier molecular flexibility index (Phi) is 2.52. The Morgan fingerprint density at radius 3 is 3.17 bits per heavy atom. The van der Waals surface area contributed by atoms with E-state index in [9.17, 15) is 4.79 Å². The van der Waals surface area contributed by atoms with Gasteiger partial charge in [0.05, 0.1) is 12.7 Å². The molecule has 0 fully saturated rings. The third kappa shape index (κ3) is 1.64. The van der Waals surface area contributed by atoms with Gasteiger partial charge in [-0.25, -0.2) is 13.9 Å². The summed E-state index contributed by atoms with van der Waals surface area (Å²) in [6.07, 6.45) is 4.67. The Balaban J connectivity index is 2.05. The first kappa shape index (κ1) is 10.8. The smallest absolute Gasteiger partial charge is 0.350 e. The molecule has 3 rings (SSSR count). The molecule has 0 aliphatic rings. The molecule has 0 unspecified atom stereocenters. The molecule has 0 bridgehead atoms. The van der Waals surface area contributed by atoms with Crippen molar-refractivity contribution in [3.63, 3.8) is 0 Å². The Labute approximate surface area is 105 Å². The van der Waals surface area contributed by atoms with Crippen LogP contribution in [0.2, 0.25) is 0 Å². The van der Waals surface area contributed by atoms with Gasteiger partial charge < -0.3 is 5.32 Å². The molecule has 0 aromatic carbocycles. The van der Waals surface area contributed by atoms with Crippen molar-refractivity contribution in [3.8, 4) is 0 Å². The van der Waals surface area contributed by atoms with Crippen molar-refractivity contribution >= 4 is 22.2 Å². The zero-order valence-corrected chi connectivity index (χ0v) is 10.3. The van der Waals surface area contributed by atoms with Crippen molar-refractivity contribution in [2.24, 2.45) is 0 Å². The van der Waals surface area contributed by atoms with Gasteiger partial charge in [-0.1, -0.05) is 4.49 Å². The quantitative estimate of drug-likeness (QED) is 0.705. The van der Waals surface area contributed by atoms with Crippen LogP contribution in [0.15, 0.2) is 23.4 Å². The van der Waals surface area contributed by atoms with E-state index in [4.69, 9.17) is 0 Å². The van der Waals surface area contributed by atoms with Crippen LogP contribution in [-0.4, -0.2) is 35.8 Å². The molecule has 0 amide bonds. The number of nitrogens with zero attached hydrogens (tertiary/aromatic N) is 6. The van der Waals surface area contributed by atoms with Gasteiger partial charge in [0.2, 0.25) is 0 Å². The number of anilines is 1. The minimum Gasteiger partial charge on any atom is -0.377 e. The molecule has 92 valence electrons. The highest BCUT2D eigenvalue weighted by Crippen LogP contribution is 2.16. The van der Waals surface area contributed by atoms with Crippen LogP contribution in [0.1, 0.15) is 5.69 Å². The zero-order valence-electron chi connectivity index (χ0n) is 9.44. The summed E-state index contributed by atoms with van der Waals surface area (Å²) in [6, 6.07) is 0. The van der Waals surface area contributed by atoms with E-state index in [1.54, 1.807) is 19.4 Å². The molecule has 8 nitrogen and oxygen atoms in total. The number of nitrogens with one attached hydrogen (secondary N) is 1. The number of aromatic nitrogens is 6. The number of hydrogen-bond donors (Lipinski definition) is 1. The van der Waals surface area contributed by atoms with Gasteiger partial charge in [-0.2, -0.15) is 0 Å². The largest absolute Gasteiger partial charge is 0.377 e. The van der Waals surface area contributed by atoms with Crippen LogP contribution in [0, 0.1) is 0 Å². The molecule has 0 aliphatic heterocycles. The fraction of sp³-hybridized carbons (Fsp3) is 0.222. The first-order valence-corrected chi connectivity index (χ1v) is 5.95. The topological polar surface area (TPSA) is 90.0 Å². The van der Waals surface area contributed by atoms with Gasteiger partial charge >= 0.3 is 5.69 Å². The SMILES string of the molecule is CNc1snnc1Cn1nc2cnccn2c1=O. The van der Waals surface area contributed by atoms with Crippen LogP contribution in [0.3, 0.4) is 0 Å². The molecule has 3 aromatic rings. The van der Waals surface area contributed by atoms with Crippen molar-refractivity contribution in [1.29, 1.82) is 0 Å². The summed E-state index contributed by atoms with van der Waals surface area (Å²) in [5.74, 6) is 0. The molecular formula is C9H9N7OS. The second-order valence-electron chi connectivity index (χ2n) is 3.54. The zero-order chi connectivity index (χ0) is 12.5. The summed E-state index contributed by atoms with van der Waals surface area (Å²) in [4.78, 5) is 15.9. The molecule has 0 atom stereocenters. The Bertz CT molecular complexity index is 743. The average Bonchev–Trinajstić information content (AvgIpc) is 2.96. The van der Waals surface area contributed by atoms with Gasteiger partial charge in [0.1, 0.15) is 10.7 Å². The molecule has 0 saturated carbocycles. The third-order valence-electron chi connectivity index (χ3n) is 2.47. The van der Waals surface area contributed by atoms with E-state index in [1.165, 1.54) is 26.8 Å². The highest BCUT2D eigenvalue weighted by Gasteiger charge is 2.11. The monoisotopic (exact) mass is 263 g/mol. The number of rotatable bonds is 3. The Morgan fingerprint density at radius 1 is 1.50 bits per heavy atom. The molecule has 0 spiro atoms. The van der Waals surface area contributed by atoms with E-state index in [0.29, 0.717) is 11.3 Å². The van der Waals surface area contributed by atoms with E-state index in [0.717, 1.165) is 5.00 Å². The van der Waals surface area contributed by atoms with E-state index >= 15 is 0 Å². The average molecular weight is 263 g/mol. The van der Waals surface area contributed by atoms with Crippen LogP contribution in [0.4, 0.5) is 5.00 Å². The second kappa shape index (κ2) is 4.18. The standard InChI is InChI=1S/C9H9N7OS/c1-10-8-6(12-14-18-8)5-16-9(17)15-3-2-11-4-7(15)13-16/h2-4,10H,5H2,1H3. The minimum atomic E-state index is -0.220. The van der Waals surface area contributed by atoms with Crippen LogP contribution >= 0.6 is 11.5 Å². The molecule has 18 heavy (non-hydrogen) atoms.